The van der Waals surface area contributed by atoms with Crippen LogP contribution in [0.15, 0.2) is 42.5 Å². The molecule has 2 aromatic rings. The lowest BCUT2D eigenvalue weighted by Crippen LogP contribution is -2.36. The predicted octanol–water partition coefficient (Wildman–Crippen LogP) is 3.11. The van der Waals surface area contributed by atoms with Gasteiger partial charge in [0.2, 0.25) is 0 Å². The summed E-state index contributed by atoms with van der Waals surface area (Å²) >= 11 is 0. The SMILES string of the molecule is COc1ccc(OC[C@H](C)NC(=O)c2ccc([N+](=O)[O-])c(C)c2)cc1. The second-order valence-corrected chi connectivity index (χ2v) is 5.62. The van der Waals surface area contributed by atoms with E-state index < -0.39 is 4.92 Å². The van der Waals surface area contributed by atoms with Gasteiger partial charge in [0.05, 0.1) is 18.1 Å². The van der Waals surface area contributed by atoms with E-state index in [-0.39, 0.29) is 17.6 Å². The van der Waals surface area contributed by atoms with Crippen LogP contribution in [0.25, 0.3) is 0 Å². The zero-order valence-corrected chi connectivity index (χ0v) is 14.3. The molecule has 2 rings (SSSR count). The van der Waals surface area contributed by atoms with E-state index in [1.165, 1.54) is 18.2 Å². The van der Waals surface area contributed by atoms with Gasteiger partial charge in [-0.05, 0) is 50.2 Å². The lowest BCUT2D eigenvalue weighted by atomic mass is 10.1. The smallest absolute Gasteiger partial charge is 0.272 e. The van der Waals surface area contributed by atoms with Gasteiger partial charge in [-0.25, -0.2) is 0 Å². The molecule has 0 saturated heterocycles. The third kappa shape index (κ3) is 4.94. The fraction of sp³-hybridized carbons (Fsp3) is 0.278. The summed E-state index contributed by atoms with van der Waals surface area (Å²) in [5.41, 5.74) is 0.812. The Balaban J connectivity index is 1.91. The quantitative estimate of drug-likeness (QED) is 0.615. The Hall–Kier alpha value is -3.09. The van der Waals surface area contributed by atoms with E-state index in [4.69, 9.17) is 9.47 Å². The second kappa shape index (κ2) is 8.14. The molecule has 0 aliphatic heterocycles. The monoisotopic (exact) mass is 344 g/mol. The lowest BCUT2D eigenvalue weighted by Gasteiger charge is -2.15. The predicted molar refractivity (Wildman–Crippen MR) is 93.3 cm³/mol. The molecule has 7 nitrogen and oxygen atoms in total. The molecule has 1 atom stereocenters. The Morgan fingerprint density at radius 1 is 1.20 bits per heavy atom. The van der Waals surface area contributed by atoms with E-state index in [9.17, 15) is 14.9 Å². The number of hydrogen-bond acceptors (Lipinski definition) is 5. The van der Waals surface area contributed by atoms with Crippen molar-refractivity contribution in [1.82, 2.24) is 5.32 Å². The number of hydrogen-bond donors (Lipinski definition) is 1. The van der Waals surface area contributed by atoms with Crippen molar-refractivity contribution < 1.29 is 19.2 Å². The van der Waals surface area contributed by atoms with E-state index in [0.717, 1.165) is 5.75 Å². The number of benzene rings is 2. The van der Waals surface area contributed by atoms with Crippen LogP contribution in [0, 0.1) is 17.0 Å². The van der Waals surface area contributed by atoms with Crippen molar-refractivity contribution in [3.63, 3.8) is 0 Å². The van der Waals surface area contributed by atoms with Crippen LogP contribution in [-0.2, 0) is 0 Å². The first-order valence-electron chi connectivity index (χ1n) is 7.73. The zero-order valence-electron chi connectivity index (χ0n) is 14.3. The summed E-state index contributed by atoms with van der Waals surface area (Å²) in [6.07, 6.45) is 0. The number of nitro groups is 1. The minimum absolute atomic E-state index is 0.00700. The van der Waals surface area contributed by atoms with E-state index in [2.05, 4.69) is 5.32 Å². The number of carbonyl (C=O) groups is 1. The van der Waals surface area contributed by atoms with Gasteiger partial charge in [-0.3, -0.25) is 14.9 Å². The largest absolute Gasteiger partial charge is 0.497 e. The second-order valence-electron chi connectivity index (χ2n) is 5.62. The highest BCUT2D eigenvalue weighted by Crippen LogP contribution is 2.19. The summed E-state index contributed by atoms with van der Waals surface area (Å²) in [6.45, 7) is 3.72. The maximum Gasteiger partial charge on any atom is 0.272 e. The van der Waals surface area contributed by atoms with Gasteiger partial charge in [-0.1, -0.05) is 0 Å². The van der Waals surface area contributed by atoms with E-state index in [1.807, 2.05) is 6.92 Å². The molecule has 0 saturated carbocycles. The van der Waals surface area contributed by atoms with Crippen LogP contribution in [0.1, 0.15) is 22.8 Å². The third-order valence-corrected chi connectivity index (χ3v) is 3.59. The first-order valence-corrected chi connectivity index (χ1v) is 7.73. The molecule has 0 fully saturated rings. The van der Waals surface area contributed by atoms with Gasteiger partial charge in [-0.15, -0.1) is 0 Å². The molecule has 1 amide bonds. The molecular weight excluding hydrogens is 324 g/mol. The van der Waals surface area contributed by atoms with Crippen LogP contribution < -0.4 is 14.8 Å². The molecule has 0 unspecified atom stereocenters. The van der Waals surface area contributed by atoms with Crippen LogP contribution in [-0.4, -0.2) is 30.6 Å². The number of aryl methyl sites for hydroxylation is 1. The Bertz CT molecular complexity index is 759. The molecule has 0 aliphatic rings. The van der Waals surface area contributed by atoms with Gasteiger partial charge >= 0.3 is 0 Å². The maximum atomic E-state index is 12.2. The van der Waals surface area contributed by atoms with E-state index in [0.29, 0.717) is 23.5 Å². The normalized spacial score (nSPS) is 11.5. The molecule has 0 bridgehead atoms. The minimum Gasteiger partial charge on any atom is -0.497 e. The number of carbonyl (C=O) groups excluding carboxylic acids is 1. The molecule has 0 heterocycles. The van der Waals surface area contributed by atoms with Crippen LogP contribution in [0.5, 0.6) is 11.5 Å². The number of nitro benzene ring substituents is 1. The van der Waals surface area contributed by atoms with Crippen molar-refractivity contribution >= 4 is 11.6 Å². The van der Waals surface area contributed by atoms with E-state index in [1.54, 1.807) is 38.3 Å². The fourth-order valence-corrected chi connectivity index (χ4v) is 2.24. The average Bonchev–Trinajstić information content (AvgIpc) is 2.60. The van der Waals surface area contributed by atoms with Gasteiger partial charge in [-0.2, -0.15) is 0 Å². The number of methoxy groups -OCH3 is 1. The molecule has 0 aliphatic carbocycles. The van der Waals surface area contributed by atoms with Crippen molar-refractivity contribution in [2.75, 3.05) is 13.7 Å². The summed E-state index contributed by atoms with van der Waals surface area (Å²) < 4.78 is 10.7. The van der Waals surface area contributed by atoms with Gasteiger partial charge in [0.25, 0.3) is 11.6 Å². The average molecular weight is 344 g/mol. The minimum atomic E-state index is -0.470. The molecule has 132 valence electrons. The topological polar surface area (TPSA) is 90.7 Å². The Labute approximate surface area is 145 Å². The lowest BCUT2D eigenvalue weighted by molar-refractivity contribution is -0.385. The zero-order chi connectivity index (χ0) is 18.4. The van der Waals surface area contributed by atoms with Gasteiger partial charge in [0.15, 0.2) is 0 Å². The van der Waals surface area contributed by atoms with Crippen LogP contribution >= 0.6 is 0 Å². The molecule has 25 heavy (non-hydrogen) atoms. The number of amides is 1. The summed E-state index contributed by atoms with van der Waals surface area (Å²) in [7, 11) is 1.59. The van der Waals surface area contributed by atoms with Crippen LogP contribution in [0.4, 0.5) is 5.69 Å². The van der Waals surface area contributed by atoms with Crippen molar-refractivity contribution in [3.8, 4) is 11.5 Å². The van der Waals surface area contributed by atoms with Gasteiger partial charge < -0.3 is 14.8 Å². The first-order chi connectivity index (χ1) is 11.9. The summed E-state index contributed by atoms with van der Waals surface area (Å²) in [5.74, 6) is 1.11. The summed E-state index contributed by atoms with van der Waals surface area (Å²) in [5, 5.41) is 13.6. The first kappa shape index (κ1) is 18.3. The molecule has 1 N–H and O–H groups in total. The Morgan fingerprint density at radius 3 is 2.40 bits per heavy atom. The van der Waals surface area contributed by atoms with Crippen LogP contribution in [0.2, 0.25) is 0 Å². The number of nitrogens with one attached hydrogen (secondary N) is 1. The molecule has 0 spiro atoms. The summed E-state index contributed by atoms with van der Waals surface area (Å²) in [4.78, 5) is 22.6. The van der Waals surface area contributed by atoms with E-state index >= 15 is 0 Å². The molecule has 2 aromatic carbocycles. The highest BCUT2D eigenvalue weighted by Gasteiger charge is 2.15. The maximum absolute atomic E-state index is 12.2. The highest BCUT2D eigenvalue weighted by atomic mass is 16.6. The number of nitrogens with zero attached hydrogens (tertiary/aromatic N) is 1. The Morgan fingerprint density at radius 2 is 1.84 bits per heavy atom. The molecule has 0 radical (unpaired) electrons. The van der Waals surface area contributed by atoms with Gasteiger partial charge in [0, 0.05) is 17.2 Å². The van der Waals surface area contributed by atoms with Crippen molar-refractivity contribution in [2.24, 2.45) is 0 Å². The standard InChI is InChI=1S/C18H20N2O5/c1-12-10-14(4-9-17(12)20(22)23)18(21)19-13(2)11-25-16-7-5-15(24-3)6-8-16/h4-10,13H,11H2,1-3H3,(H,19,21)/t13-/m0/s1. The van der Waals surface area contributed by atoms with Crippen molar-refractivity contribution in [1.29, 1.82) is 0 Å². The molecule has 7 heteroatoms. The van der Waals surface area contributed by atoms with Crippen molar-refractivity contribution in [3.05, 3.63) is 63.7 Å². The summed E-state index contributed by atoms with van der Waals surface area (Å²) in [6, 6.07) is 11.2. The number of ether oxygens (including phenoxy) is 2. The third-order valence-electron chi connectivity index (χ3n) is 3.59. The number of rotatable bonds is 7. The highest BCUT2D eigenvalue weighted by molar-refractivity contribution is 5.94. The molecular formula is C18H20N2O5. The Kier molecular flexibility index (Phi) is 5.94. The van der Waals surface area contributed by atoms with Crippen LogP contribution in [0.3, 0.4) is 0 Å². The van der Waals surface area contributed by atoms with Crippen molar-refractivity contribution in [2.45, 2.75) is 19.9 Å². The fourth-order valence-electron chi connectivity index (χ4n) is 2.24. The van der Waals surface area contributed by atoms with Gasteiger partial charge in [0.1, 0.15) is 18.1 Å². The molecule has 0 aromatic heterocycles.